The van der Waals surface area contributed by atoms with Gasteiger partial charge in [-0.1, -0.05) is 31.7 Å². The van der Waals surface area contributed by atoms with E-state index in [-0.39, 0.29) is 17.6 Å². The summed E-state index contributed by atoms with van der Waals surface area (Å²) in [6, 6.07) is 13.4. The van der Waals surface area contributed by atoms with Crippen molar-refractivity contribution in [3.8, 4) is 5.75 Å². The Morgan fingerprint density at radius 3 is 2.55 bits per heavy atom. The number of carbonyl (C=O) groups is 2. The second-order valence-electron chi connectivity index (χ2n) is 7.13. The van der Waals surface area contributed by atoms with Crippen LogP contribution >= 0.6 is 11.8 Å². The average Bonchev–Trinajstić information content (AvgIpc) is 2.78. The molecular formula is C24H27N3O3S. The summed E-state index contributed by atoms with van der Waals surface area (Å²) in [7, 11) is 1.65. The monoisotopic (exact) mass is 437 g/mol. The smallest absolute Gasteiger partial charge is 0.234 e. The van der Waals surface area contributed by atoms with E-state index in [2.05, 4.69) is 23.6 Å². The Labute approximate surface area is 186 Å². The van der Waals surface area contributed by atoms with E-state index in [0.717, 1.165) is 39.2 Å². The van der Waals surface area contributed by atoms with Crippen molar-refractivity contribution in [1.82, 2.24) is 4.98 Å². The van der Waals surface area contributed by atoms with Crippen LogP contribution in [0.15, 0.2) is 47.5 Å². The van der Waals surface area contributed by atoms with Crippen molar-refractivity contribution in [2.45, 2.75) is 38.6 Å². The van der Waals surface area contributed by atoms with Crippen LogP contribution in [0.1, 0.15) is 31.4 Å². The van der Waals surface area contributed by atoms with Crippen molar-refractivity contribution in [3.05, 3.63) is 53.6 Å². The van der Waals surface area contributed by atoms with Gasteiger partial charge in [0.15, 0.2) is 0 Å². The van der Waals surface area contributed by atoms with Gasteiger partial charge in [-0.05, 0) is 60.9 Å². The maximum atomic E-state index is 12.5. The second-order valence-corrected chi connectivity index (χ2v) is 8.10. The van der Waals surface area contributed by atoms with Gasteiger partial charge in [-0.15, -0.1) is 0 Å². The zero-order valence-corrected chi connectivity index (χ0v) is 19.1. The molecule has 0 unspecified atom stereocenters. The molecule has 1 heterocycles. The highest BCUT2D eigenvalue weighted by molar-refractivity contribution is 8.00. The summed E-state index contributed by atoms with van der Waals surface area (Å²) in [6.45, 7) is 5.79. The predicted octanol–water partition coefficient (Wildman–Crippen LogP) is 5.19. The number of hydrogen-bond donors (Lipinski definition) is 2. The van der Waals surface area contributed by atoms with Gasteiger partial charge in [0.1, 0.15) is 10.8 Å². The zero-order chi connectivity index (χ0) is 22.4. The molecular weight excluding hydrogens is 410 g/mol. The van der Waals surface area contributed by atoms with Crippen molar-refractivity contribution in [1.29, 1.82) is 0 Å². The van der Waals surface area contributed by atoms with E-state index in [1.54, 1.807) is 20.1 Å². The molecule has 0 aliphatic carbocycles. The molecule has 6 nitrogen and oxygen atoms in total. The van der Waals surface area contributed by atoms with Gasteiger partial charge in [0.2, 0.25) is 11.8 Å². The van der Waals surface area contributed by atoms with Crippen molar-refractivity contribution >= 4 is 45.9 Å². The van der Waals surface area contributed by atoms with Gasteiger partial charge >= 0.3 is 0 Å². The number of methoxy groups -OCH3 is 1. The lowest BCUT2D eigenvalue weighted by Crippen LogP contribution is -2.15. The first-order valence-corrected chi connectivity index (χ1v) is 11.2. The molecule has 1 aromatic heterocycles. The second kappa shape index (κ2) is 10.3. The highest BCUT2D eigenvalue weighted by atomic mass is 32.2. The quantitative estimate of drug-likeness (QED) is 0.474. The lowest BCUT2D eigenvalue weighted by atomic mass is 10.1. The number of ether oxygens (including phenoxy) is 1. The Kier molecular flexibility index (Phi) is 7.52. The van der Waals surface area contributed by atoms with E-state index in [1.165, 1.54) is 11.8 Å². The molecule has 31 heavy (non-hydrogen) atoms. The van der Waals surface area contributed by atoms with Crippen LogP contribution in [0.4, 0.5) is 11.4 Å². The number of fused-ring (bicyclic) bond motifs is 1. The fourth-order valence-corrected chi connectivity index (χ4v) is 3.98. The highest BCUT2D eigenvalue weighted by Crippen LogP contribution is 2.28. The van der Waals surface area contributed by atoms with Crippen LogP contribution in [-0.4, -0.2) is 29.7 Å². The molecule has 0 radical (unpaired) electrons. The van der Waals surface area contributed by atoms with E-state index < -0.39 is 0 Å². The van der Waals surface area contributed by atoms with Crippen molar-refractivity contribution in [2.75, 3.05) is 23.5 Å². The van der Waals surface area contributed by atoms with E-state index >= 15 is 0 Å². The third kappa shape index (κ3) is 5.76. The SMILES string of the molecule is CCC(=O)Nc1cc(NC(=O)CSc2nc3ccc(OC)cc3cc2CC)ccc1C. The van der Waals surface area contributed by atoms with E-state index in [9.17, 15) is 9.59 Å². The van der Waals surface area contributed by atoms with Gasteiger partial charge in [-0.3, -0.25) is 9.59 Å². The Balaban J connectivity index is 1.70. The molecule has 0 saturated heterocycles. The van der Waals surface area contributed by atoms with Crippen molar-refractivity contribution in [3.63, 3.8) is 0 Å². The van der Waals surface area contributed by atoms with Crippen molar-refractivity contribution < 1.29 is 14.3 Å². The molecule has 0 aliphatic heterocycles. The molecule has 0 aliphatic rings. The molecule has 7 heteroatoms. The molecule has 0 fully saturated rings. The van der Waals surface area contributed by atoms with Gasteiger partial charge < -0.3 is 15.4 Å². The number of nitrogens with one attached hydrogen (secondary N) is 2. The summed E-state index contributed by atoms with van der Waals surface area (Å²) in [6.07, 6.45) is 1.22. The summed E-state index contributed by atoms with van der Waals surface area (Å²) in [4.78, 5) is 29.0. The highest BCUT2D eigenvalue weighted by Gasteiger charge is 2.11. The lowest BCUT2D eigenvalue weighted by Gasteiger charge is -2.12. The van der Waals surface area contributed by atoms with Gasteiger partial charge in [0.05, 0.1) is 18.4 Å². The predicted molar refractivity (Wildman–Crippen MR) is 127 cm³/mol. The molecule has 2 N–H and O–H groups in total. The first-order chi connectivity index (χ1) is 14.9. The number of aromatic nitrogens is 1. The van der Waals surface area contributed by atoms with Gasteiger partial charge in [-0.2, -0.15) is 0 Å². The molecule has 2 aromatic carbocycles. The van der Waals surface area contributed by atoms with E-state index in [0.29, 0.717) is 17.8 Å². The number of rotatable bonds is 8. The van der Waals surface area contributed by atoms with Crippen LogP contribution in [0.25, 0.3) is 10.9 Å². The number of anilines is 2. The first kappa shape index (κ1) is 22.6. The fraction of sp³-hybridized carbons (Fsp3) is 0.292. The molecule has 2 amide bonds. The maximum Gasteiger partial charge on any atom is 0.234 e. The molecule has 0 bridgehead atoms. The minimum Gasteiger partial charge on any atom is -0.497 e. The van der Waals surface area contributed by atoms with Gasteiger partial charge in [-0.25, -0.2) is 4.98 Å². The molecule has 3 aromatic rings. The van der Waals surface area contributed by atoms with Crippen LogP contribution in [-0.2, 0) is 16.0 Å². The number of pyridine rings is 1. The van der Waals surface area contributed by atoms with Crippen LogP contribution < -0.4 is 15.4 Å². The van der Waals surface area contributed by atoms with E-state index in [1.807, 2.05) is 37.3 Å². The largest absolute Gasteiger partial charge is 0.497 e. The summed E-state index contributed by atoms with van der Waals surface area (Å²) < 4.78 is 5.30. The maximum absolute atomic E-state index is 12.5. The molecule has 162 valence electrons. The van der Waals surface area contributed by atoms with Crippen LogP contribution in [0.3, 0.4) is 0 Å². The van der Waals surface area contributed by atoms with Crippen molar-refractivity contribution in [2.24, 2.45) is 0 Å². The Morgan fingerprint density at radius 1 is 1.03 bits per heavy atom. The normalized spacial score (nSPS) is 10.7. The molecule has 0 spiro atoms. The number of nitrogens with zero attached hydrogens (tertiary/aromatic N) is 1. The number of hydrogen-bond acceptors (Lipinski definition) is 5. The summed E-state index contributed by atoms with van der Waals surface area (Å²) >= 11 is 1.42. The lowest BCUT2D eigenvalue weighted by molar-refractivity contribution is -0.116. The number of amides is 2. The number of carbonyl (C=O) groups excluding carboxylic acids is 2. The molecule has 0 saturated carbocycles. The van der Waals surface area contributed by atoms with E-state index in [4.69, 9.17) is 9.72 Å². The summed E-state index contributed by atoms with van der Waals surface area (Å²) in [5, 5.41) is 7.64. The fourth-order valence-electron chi connectivity index (χ4n) is 3.09. The van der Waals surface area contributed by atoms with Crippen LogP contribution in [0.5, 0.6) is 5.75 Å². The van der Waals surface area contributed by atoms with Crippen LogP contribution in [0, 0.1) is 6.92 Å². The Hall–Kier alpha value is -3.06. The Bertz CT molecular complexity index is 1110. The molecule has 0 atom stereocenters. The molecule has 3 rings (SSSR count). The topological polar surface area (TPSA) is 80.3 Å². The number of thioether (sulfide) groups is 1. The third-order valence-electron chi connectivity index (χ3n) is 4.90. The number of benzene rings is 2. The van der Waals surface area contributed by atoms with Gasteiger partial charge in [0.25, 0.3) is 0 Å². The van der Waals surface area contributed by atoms with Crippen LogP contribution in [0.2, 0.25) is 0 Å². The minimum atomic E-state index is -0.125. The Morgan fingerprint density at radius 2 is 1.84 bits per heavy atom. The minimum absolute atomic E-state index is 0.0609. The van der Waals surface area contributed by atoms with Gasteiger partial charge in [0, 0.05) is 23.2 Å². The number of aryl methyl sites for hydroxylation is 2. The zero-order valence-electron chi connectivity index (χ0n) is 18.2. The standard InChI is InChI=1S/C24H27N3O3S/c1-5-16-11-17-12-19(30-4)9-10-20(17)27-24(16)31-14-23(29)25-18-8-7-15(3)21(13-18)26-22(28)6-2/h7-13H,5-6,14H2,1-4H3,(H,25,29)(H,26,28). The average molecular weight is 438 g/mol. The third-order valence-corrected chi connectivity index (χ3v) is 5.93. The summed E-state index contributed by atoms with van der Waals surface area (Å²) in [5.41, 5.74) is 4.27. The first-order valence-electron chi connectivity index (χ1n) is 10.2. The summed E-state index contributed by atoms with van der Waals surface area (Å²) in [5.74, 6) is 0.852.